The Morgan fingerprint density at radius 3 is 2.88 bits per heavy atom. The zero-order valence-corrected chi connectivity index (χ0v) is 14.1. The summed E-state index contributed by atoms with van der Waals surface area (Å²) in [5.41, 5.74) is 2.00. The lowest BCUT2D eigenvalue weighted by atomic mass is 9.77. The Kier molecular flexibility index (Phi) is 4.60. The molecule has 0 spiro atoms. The number of carbonyl (C=O) groups is 1. The first kappa shape index (κ1) is 17.2. The predicted molar refractivity (Wildman–Crippen MR) is 91.3 cm³/mol. The molecule has 2 heterocycles. The van der Waals surface area contributed by atoms with Crippen molar-refractivity contribution in [1.82, 2.24) is 9.97 Å². The molecule has 2 aromatic rings. The van der Waals surface area contributed by atoms with E-state index in [1.807, 2.05) is 21.0 Å². The molecule has 3 rings (SSSR count). The van der Waals surface area contributed by atoms with E-state index in [0.717, 1.165) is 5.56 Å². The summed E-state index contributed by atoms with van der Waals surface area (Å²) in [7, 11) is 2.48. The van der Waals surface area contributed by atoms with Crippen molar-refractivity contribution in [3.05, 3.63) is 35.5 Å². The molecule has 130 valence electrons. The number of anilines is 1. The molecule has 2 N–H and O–H groups in total. The lowest BCUT2D eigenvalue weighted by Crippen LogP contribution is -2.28. The minimum Gasteiger partial charge on any atom is -0.481 e. The molecule has 0 aliphatic carbocycles. The number of ether oxygens (including phenoxy) is 1. The van der Waals surface area contributed by atoms with Crippen molar-refractivity contribution in [3.63, 3.8) is 0 Å². The van der Waals surface area contributed by atoms with Crippen molar-refractivity contribution >= 4 is 24.5 Å². The Hall–Kier alpha value is -2.65. The van der Waals surface area contributed by atoms with E-state index in [-0.39, 0.29) is 6.42 Å². The fraction of sp³-hybridized carbons (Fsp3) is 0.312. The molecule has 1 aliphatic heterocycles. The number of aliphatic carboxylic acids is 1. The molecule has 9 heteroatoms. The smallest absolute Gasteiger partial charge is 0.481 e. The monoisotopic (exact) mass is 343 g/mol. The third-order valence-corrected chi connectivity index (χ3v) is 3.87. The molecule has 1 aromatic heterocycles. The first-order valence-electron chi connectivity index (χ1n) is 7.73. The zero-order valence-electron chi connectivity index (χ0n) is 14.1. The highest BCUT2D eigenvalue weighted by molar-refractivity contribution is 6.62. The topological polar surface area (TPSA) is 105 Å². The summed E-state index contributed by atoms with van der Waals surface area (Å²) in [5.74, 6) is 0.383. The van der Waals surface area contributed by atoms with Gasteiger partial charge in [-0.2, -0.15) is 4.98 Å². The molecule has 0 bridgehead atoms. The maximum absolute atomic E-state index is 11.0. The molecular weight excluding hydrogens is 325 g/mol. The number of rotatable bonds is 5. The second-order valence-corrected chi connectivity index (χ2v) is 6.01. The van der Waals surface area contributed by atoms with E-state index >= 15 is 0 Å². The van der Waals surface area contributed by atoms with Crippen molar-refractivity contribution in [3.8, 4) is 11.6 Å². The van der Waals surface area contributed by atoms with Gasteiger partial charge in [0.05, 0.1) is 12.5 Å². The van der Waals surface area contributed by atoms with E-state index in [9.17, 15) is 9.82 Å². The van der Waals surface area contributed by atoms with E-state index in [0.29, 0.717) is 28.6 Å². The summed E-state index contributed by atoms with van der Waals surface area (Å²) in [5, 5.41) is 19.1. The Balaban J connectivity index is 1.90. The number of carboxylic acids is 1. The highest BCUT2D eigenvalue weighted by Gasteiger charge is 2.37. The van der Waals surface area contributed by atoms with Crippen LogP contribution in [0, 0.1) is 6.92 Å². The van der Waals surface area contributed by atoms with Crippen LogP contribution in [0.2, 0.25) is 0 Å². The summed E-state index contributed by atoms with van der Waals surface area (Å²) >= 11 is 0. The first-order valence-corrected chi connectivity index (χ1v) is 7.73. The highest BCUT2D eigenvalue weighted by Crippen LogP contribution is 2.32. The van der Waals surface area contributed by atoms with Gasteiger partial charge in [-0.05, 0) is 35.6 Å². The lowest BCUT2D eigenvalue weighted by molar-refractivity contribution is -0.138. The van der Waals surface area contributed by atoms with Gasteiger partial charge >= 0.3 is 13.1 Å². The zero-order chi connectivity index (χ0) is 18.1. The molecule has 8 nitrogen and oxygen atoms in total. The van der Waals surface area contributed by atoms with Crippen molar-refractivity contribution < 1.29 is 24.3 Å². The van der Waals surface area contributed by atoms with Gasteiger partial charge in [-0.3, -0.25) is 4.79 Å². The fourth-order valence-corrected chi connectivity index (χ4v) is 2.83. The van der Waals surface area contributed by atoms with E-state index in [2.05, 4.69) is 9.97 Å². The fourth-order valence-electron chi connectivity index (χ4n) is 2.83. The summed E-state index contributed by atoms with van der Waals surface area (Å²) in [6, 6.07) is 5.05. The highest BCUT2D eigenvalue weighted by atomic mass is 16.5. The number of fused-ring (bicyclic) bond motifs is 1. The Bertz CT molecular complexity index is 814. The molecule has 1 atom stereocenters. The third-order valence-electron chi connectivity index (χ3n) is 3.87. The van der Waals surface area contributed by atoms with Crippen molar-refractivity contribution in [1.29, 1.82) is 0 Å². The average Bonchev–Trinajstić information content (AvgIpc) is 2.83. The maximum Gasteiger partial charge on any atom is 0.492 e. The van der Waals surface area contributed by atoms with E-state index in [4.69, 9.17) is 14.5 Å². The van der Waals surface area contributed by atoms with Crippen molar-refractivity contribution in [2.75, 3.05) is 19.0 Å². The molecule has 0 fully saturated rings. The molecular formula is C16H18BN3O5. The largest absolute Gasteiger partial charge is 0.492 e. The van der Waals surface area contributed by atoms with E-state index in [1.54, 1.807) is 29.3 Å². The van der Waals surface area contributed by atoms with Crippen LogP contribution in [-0.4, -0.2) is 47.3 Å². The van der Waals surface area contributed by atoms with Gasteiger partial charge in [0, 0.05) is 26.4 Å². The van der Waals surface area contributed by atoms with Gasteiger partial charge in [-0.1, -0.05) is 0 Å². The van der Waals surface area contributed by atoms with Gasteiger partial charge in [0.1, 0.15) is 5.75 Å². The second-order valence-electron chi connectivity index (χ2n) is 6.01. The predicted octanol–water partition coefficient (Wildman–Crippen LogP) is 0.877. The normalized spacial score (nSPS) is 15.8. The van der Waals surface area contributed by atoms with Crippen LogP contribution in [-0.2, 0) is 9.45 Å². The number of aryl methyl sites for hydroxylation is 1. The van der Waals surface area contributed by atoms with Gasteiger partial charge in [0.2, 0.25) is 11.8 Å². The van der Waals surface area contributed by atoms with Crippen LogP contribution in [0.5, 0.6) is 11.6 Å². The van der Waals surface area contributed by atoms with Crippen LogP contribution in [0.15, 0.2) is 24.4 Å². The number of nitrogens with zero attached hydrogens (tertiary/aromatic N) is 3. The first-order chi connectivity index (χ1) is 11.8. The summed E-state index contributed by atoms with van der Waals surface area (Å²) in [6.45, 7) is 1.83. The minimum absolute atomic E-state index is 0.205. The van der Waals surface area contributed by atoms with Gasteiger partial charge in [-0.15, -0.1) is 0 Å². The number of hydrogen-bond donors (Lipinski definition) is 2. The van der Waals surface area contributed by atoms with E-state index in [1.165, 1.54) is 0 Å². The number of benzene rings is 1. The van der Waals surface area contributed by atoms with Crippen LogP contribution in [0.3, 0.4) is 0 Å². The summed E-state index contributed by atoms with van der Waals surface area (Å²) in [4.78, 5) is 21.1. The van der Waals surface area contributed by atoms with Crippen LogP contribution >= 0.6 is 0 Å². The molecule has 0 saturated heterocycles. The molecule has 1 aliphatic rings. The molecule has 1 unspecified atom stereocenters. The second kappa shape index (κ2) is 6.69. The van der Waals surface area contributed by atoms with Gasteiger partial charge in [0.15, 0.2) is 0 Å². The van der Waals surface area contributed by atoms with Gasteiger partial charge < -0.3 is 24.4 Å². The SMILES string of the molecule is Cc1cc(Oc2ccnc(N(C)C)n2)cc2c1C(CC(=O)O)OB2O. The number of aromatic nitrogens is 2. The quantitative estimate of drug-likeness (QED) is 0.771. The molecule has 0 amide bonds. The van der Waals surface area contributed by atoms with Gasteiger partial charge in [-0.25, -0.2) is 4.98 Å². The van der Waals surface area contributed by atoms with Crippen molar-refractivity contribution in [2.45, 2.75) is 19.4 Å². The van der Waals surface area contributed by atoms with Crippen LogP contribution in [0.4, 0.5) is 5.95 Å². The number of carboxylic acid groups (broad SMARTS) is 1. The number of hydrogen-bond acceptors (Lipinski definition) is 7. The summed E-state index contributed by atoms with van der Waals surface area (Å²) in [6.07, 6.45) is 0.720. The Morgan fingerprint density at radius 1 is 1.44 bits per heavy atom. The van der Waals surface area contributed by atoms with Crippen LogP contribution in [0.25, 0.3) is 0 Å². The van der Waals surface area contributed by atoms with Crippen LogP contribution < -0.4 is 15.1 Å². The molecule has 25 heavy (non-hydrogen) atoms. The molecule has 0 saturated carbocycles. The summed E-state index contributed by atoms with van der Waals surface area (Å²) < 4.78 is 11.1. The third kappa shape index (κ3) is 3.57. The Morgan fingerprint density at radius 2 is 2.20 bits per heavy atom. The average molecular weight is 343 g/mol. The molecule has 1 aromatic carbocycles. The van der Waals surface area contributed by atoms with E-state index < -0.39 is 19.2 Å². The maximum atomic E-state index is 11.0. The van der Waals surface area contributed by atoms with Gasteiger partial charge in [0.25, 0.3) is 0 Å². The van der Waals surface area contributed by atoms with Crippen molar-refractivity contribution in [2.24, 2.45) is 0 Å². The molecule has 0 radical (unpaired) electrons. The van der Waals surface area contributed by atoms with Crippen LogP contribution in [0.1, 0.15) is 23.7 Å². The lowest BCUT2D eigenvalue weighted by Gasteiger charge is -2.14. The minimum atomic E-state index is -1.18. The standard InChI is InChI=1S/C16H18BN3O5/c1-9-6-10(24-13-4-5-18-16(19-13)20(2)3)7-11-15(9)12(8-14(21)22)25-17(11)23/h4-7,12,23H,8H2,1-3H3,(H,21,22). The Labute approximate surface area is 145 Å².